The molecule has 0 aliphatic heterocycles. The molecule has 150 valence electrons. The summed E-state index contributed by atoms with van der Waals surface area (Å²) < 4.78 is 10.5. The lowest BCUT2D eigenvalue weighted by atomic mass is 10.1. The molecule has 29 heavy (non-hydrogen) atoms. The van der Waals surface area contributed by atoms with E-state index in [2.05, 4.69) is 10.3 Å². The van der Waals surface area contributed by atoms with Crippen molar-refractivity contribution in [3.63, 3.8) is 0 Å². The Labute approximate surface area is 169 Å². The van der Waals surface area contributed by atoms with Gasteiger partial charge in [0.1, 0.15) is 0 Å². The molecule has 1 amide bonds. The Hall–Kier alpha value is -3.54. The van der Waals surface area contributed by atoms with E-state index in [1.165, 1.54) is 6.08 Å². The summed E-state index contributed by atoms with van der Waals surface area (Å²) in [5.41, 5.74) is 3.25. The SMILES string of the molecule is COc1ccc(/C=C\C(=O)NCCc2cc3ccc(C)cc3[nH]c2=O)cc1OC. The molecular weight excluding hydrogens is 368 g/mol. The molecule has 0 aliphatic rings. The van der Waals surface area contributed by atoms with Crippen LogP contribution in [0.15, 0.2) is 53.3 Å². The van der Waals surface area contributed by atoms with E-state index in [0.717, 1.165) is 22.0 Å². The number of carbonyl (C=O) groups is 1. The lowest BCUT2D eigenvalue weighted by Gasteiger charge is -2.07. The molecule has 2 N–H and O–H groups in total. The highest BCUT2D eigenvalue weighted by Gasteiger charge is 2.05. The number of benzene rings is 2. The highest BCUT2D eigenvalue weighted by Crippen LogP contribution is 2.27. The van der Waals surface area contributed by atoms with Crippen LogP contribution in [0.1, 0.15) is 16.7 Å². The van der Waals surface area contributed by atoms with Gasteiger partial charge in [-0.15, -0.1) is 0 Å². The van der Waals surface area contributed by atoms with Gasteiger partial charge in [0.25, 0.3) is 5.56 Å². The number of rotatable bonds is 7. The van der Waals surface area contributed by atoms with E-state index in [1.54, 1.807) is 32.4 Å². The van der Waals surface area contributed by atoms with Crippen molar-refractivity contribution in [2.45, 2.75) is 13.3 Å². The Bertz CT molecular complexity index is 1120. The second-order valence-electron chi connectivity index (χ2n) is 6.70. The molecule has 1 heterocycles. The summed E-state index contributed by atoms with van der Waals surface area (Å²) in [5, 5.41) is 3.78. The van der Waals surface area contributed by atoms with Crippen LogP contribution in [-0.2, 0) is 11.2 Å². The monoisotopic (exact) mass is 392 g/mol. The zero-order chi connectivity index (χ0) is 20.8. The number of fused-ring (bicyclic) bond motifs is 1. The van der Waals surface area contributed by atoms with Gasteiger partial charge in [0, 0.05) is 23.7 Å². The predicted molar refractivity (Wildman–Crippen MR) is 115 cm³/mol. The number of H-pyrrole nitrogens is 1. The van der Waals surface area contributed by atoms with Gasteiger partial charge in [0.15, 0.2) is 11.5 Å². The molecule has 3 aromatic rings. The van der Waals surface area contributed by atoms with E-state index in [0.29, 0.717) is 30.0 Å². The van der Waals surface area contributed by atoms with Crippen LogP contribution in [0.25, 0.3) is 17.0 Å². The topological polar surface area (TPSA) is 80.4 Å². The fourth-order valence-corrected chi connectivity index (χ4v) is 3.05. The largest absolute Gasteiger partial charge is 0.493 e. The number of hydrogen-bond acceptors (Lipinski definition) is 4. The average molecular weight is 392 g/mol. The van der Waals surface area contributed by atoms with Crippen LogP contribution in [0.3, 0.4) is 0 Å². The average Bonchev–Trinajstić information content (AvgIpc) is 2.72. The molecule has 0 atom stereocenters. The summed E-state index contributed by atoms with van der Waals surface area (Å²) in [5.74, 6) is 0.998. The molecule has 6 heteroatoms. The van der Waals surface area contributed by atoms with E-state index in [-0.39, 0.29) is 11.5 Å². The number of aromatic amines is 1. The molecule has 0 spiro atoms. The summed E-state index contributed by atoms with van der Waals surface area (Å²) >= 11 is 0. The van der Waals surface area contributed by atoms with Crippen LogP contribution in [-0.4, -0.2) is 31.7 Å². The highest BCUT2D eigenvalue weighted by atomic mass is 16.5. The second kappa shape index (κ2) is 9.10. The highest BCUT2D eigenvalue weighted by molar-refractivity contribution is 5.91. The number of carbonyl (C=O) groups excluding carboxylic acids is 1. The summed E-state index contributed by atoms with van der Waals surface area (Å²) in [6.45, 7) is 2.35. The Morgan fingerprint density at radius 2 is 1.86 bits per heavy atom. The van der Waals surface area contributed by atoms with Crippen LogP contribution in [0.2, 0.25) is 0 Å². The van der Waals surface area contributed by atoms with Crippen LogP contribution in [0.4, 0.5) is 0 Å². The first-order valence-corrected chi connectivity index (χ1v) is 9.30. The second-order valence-corrected chi connectivity index (χ2v) is 6.70. The quantitative estimate of drug-likeness (QED) is 0.605. The molecule has 0 radical (unpaired) electrons. The maximum atomic E-state index is 12.2. The minimum atomic E-state index is -0.229. The molecule has 0 saturated heterocycles. The number of nitrogens with one attached hydrogen (secondary N) is 2. The first-order valence-electron chi connectivity index (χ1n) is 9.30. The molecule has 0 bridgehead atoms. The van der Waals surface area contributed by atoms with Gasteiger partial charge < -0.3 is 19.8 Å². The fourth-order valence-electron chi connectivity index (χ4n) is 3.05. The maximum absolute atomic E-state index is 12.2. The zero-order valence-electron chi connectivity index (χ0n) is 16.7. The molecule has 2 aromatic carbocycles. The van der Waals surface area contributed by atoms with E-state index in [9.17, 15) is 9.59 Å². The van der Waals surface area contributed by atoms with Crippen LogP contribution >= 0.6 is 0 Å². The van der Waals surface area contributed by atoms with Crippen molar-refractivity contribution >= 4 is 22.9 Å². The molecular formula is C23H24N2O4. The number of ether oxygens (including phenoxy) is 2. The van der Waals surface area contributed by atoms with Gasteiger partial charge in [0.2, 0.25) is 5.91 Å². The number of methoxy groups -OCH3 is 2. The minimum Gasteiger partial charge on any atom is -0.493 e. The van der Waals surface area contributed by atoms with Gasteiger partial charge >= 0.3 is 0 Å². The number of aryl methyl sites for hydroxylation is 1. The van der Waals surface area contributed by atoms with Crippen LogP contribution in [0.5, 0.6) is 11.5 Å². The summed E-state index contributed by atoms with van der Waals surface area (Å²) in [4.78, 5) is 27.2. The Morgan fingerprint density at radius 1 is 1.07 bits per heavy atom. The van der Waals surface area contributed by atoms with Gasteiger partial charge in [-0.25, -0.2) is 0 Å². The van der Waals surface area contributed by atoms with Gasteiger partial charge in [-0.2, -0.15) is 0 Å². The minimum absolute atomic E-state index is 0.127. The van der Waals surface area contributed by atoms with E-state index in [4.69, 9.17) is 9.47 Å². The number of hydrogen-bond donors (Lipinski definition) is 2. The maximum Gasteiger partial charge on any atom is 0.251 e. The standard InChI is InChI=1S/C23H24N2O4/c1-15-4-7-17-14-18(23(27)25-19(17)12-15)10-11-24-22(26)9-6-16-5-8-20(28-2)21(13-16)29-3/h4-9,12-14H,10-11H2,1-3H3,(H,24,26)(H,25,27)/b9-6-. The smallest absolute Gasteiger partial charge is 0.251 e. The van der Waals surface area contributed by atoms with E-state index >= 15 is 0 Å². The Kier molecular flexibility index (Phi) is 6.34. The first kappa shape index (κ1) is 20.2. The van der Waals surface area contributed by atoms with Gasteiger partial charge in [-0.1, -0.05) is 18.2 Å². The number of aromatic nitrogens is 1. The van der Waals surface area contributed by atoms with Gasteiger partial charge in [-0.05, 0) is 60.2 Å². The third-order valence-corrected chi connectivity index (χ3v) is 4.61. The third kappa shape index (κ3) is 5.04. The van der Waals surface area contributed by atoms with Crippen molar-refractivity contribution < 1.29 is 14.3 Å². The normalized spacial score (nSPS) is 11.0. The molecule has 1 aromatic heterocycles. The van der Waals surface area contributed by atoms with Crippen LogP contribution < -0.4 is 20.3 Å². The Balaban J connectivity index is 1.59. The van der Waals surface area contributed by atoms with Crippen LogP contribution in [0, 0.1) is 6.92 Å². The van der Waals surface area contributed by atoms with Gasteiger partial charge in [-0.3, -0.25) is 9.59 Å². The third-order valence-electron chi connectivity index (χ3n) is 4.61. The first-order chi connectivity index (χ1) is 14.0. The lowest BCUT2D eigenvalue weighted by Crippen LogP contribution is -2.25. The summed E-state index contributed by atoms with van der Waals surface area (Å²) in [6, 6.07) is 13.2. The molecule has 0 fully saturated rings. The van der Waals surface area contributed by atoms with Crippen molar-refractivity contribution in [1.29, 1.82) is 0 Å². The summed E-state index contributed by atoms with van der Waals surface area (Å²) in [6.07, 6.45) is 3.60. The molecule has 3 rings (SSSR count). The predicted octanol–water partition coefficient (Wildman–Crippen LogP) is 3.23. The molecule has 0 saturated carbocycles. The molecule has 6 nitrogen and oxygen atoms in total. The van der Waals surface area contributed by atoms with E-state index in [1.807, 2.05) is 37.3 Å². The Morgan fingerprint density at radius 3 is 2.62 bits per heavy atom. The van der Waals surface area contributed by atoms with Crippen molar-refractivity contribution in [2.75, 3.05) is 20.8 Å². The zero-order valence-corrected chi connectivity index (χ0v) is 16.7. The fraction of sp³-hybridized carbons (Fsp3) is 0.217. The number of pyridine rings is 1. The molecule has 0 aliphatic carbocycles. The number of amides is 1. The van der Waals surface area contributed by atoms with Crippen molar-refractivity contribution in [1.82, 2.24) is 10.3 Å². The van der Waals surface area contributed by atoms with Crippen molar-refractivity contribution in [2.24, 2.45) is 0 Å². The van der Waals surface area contributed by atoms with E-state index < -0.39 is 0 Å². The molecule has 0 unspecified atom stereocenters. The van der Waals surface area contributed by atoms with Gasteiger partial charge in [0.05, 0.1) is 14.2 Å². The summed E-state index contributed by atoms with van der Waals surface area (Å²) in [7, 11) is 3.14. The van der Waals surface area contributed by atoms with Crippen molar-refractivity contribution in [3.05, 3.63) is 75.6 Å². The lowest BCUT2D eigenvalue weighted by molar-refractivity contribution is -0.116. The van der Waals surface area contributed by atoms with Crippen molar-refractivity contribution in [3.8, 4) is 11.5 Å².